The van der Waals surface area contributed by atoms with Crippen molar-refractivity contribution in [1.82, 2.24) is 9.62 Å². The average Bonchev–Trinajstić information content (AvgIpc) is 3.06. The molecule has 6 nitrogen and oxygen atoms in total. The maximum absolute atomic E-state index is 12.8. The van der Waals surface area contributed by atoms with Gasteiger partial charge in [-0.05, 0) is 11.6 Å². The molecule has 0 aromatic heterocycles. The van der Waals surface area contributed by atoms with E-state index in [-0.39, 0.29) is 17.7 Å². The Morgan fingerprint density at radius 3 is 2.67 bits per heavy atom. The van der Waals surface area contributed by atoms with Crippen LogP contribution in [0.5, 0.6) is 0 Å². The molecule has 1 spiro atoms. The topological polar surface area (TPSA) is 85.6 Å². The van der Waals surface area contributed by atoms with Crippen molar-refractivity contribution in [3.05, 3.63) is 29.8 Å². The van der Waals surface area contributed by atoms with Crippen molar-refractivity contribution in [3.8, 4) is 0 Å². The first-order chi connectivity index (χ1) is 14.3. The fourth-order valence-corrected chi connectivity index (χ4v) is 16.0. The van der Waals surface area contributed by atoms with Crippen LogP contribution in [0.1, 0.15) is 31.2 Å². The van der Waals surface area contributed by atoms with Gasteiger partial charge in [-0.15, -0.1) is 0 Å². The zero-order valence-electron chi connectivity index (χ0n) is 17.0. The van der Waals surface area contributed by atoms with Crippen LogP contribution in [0, 0.1) is 16.1 Å². The van der Waals surface area contributed by atoms with Crippen LogP contribution < -0.4 is 5.32 Å². The standard InChI is InChI=1S/C21H28N4O2S.2W/c1-3-25(4-2)28(22,27)14-20(26)23-17-12-21(13-17)10-16(11-21)19-9-15-7-5-6-8-18(15)24-19;;/h5-8,16-17,22H,1-4,9-14H2,(H,23,26);;. The summed E-state index contributed by atoms with van der Waals surface area (Å²) < 4.78 is 22.8. The molecule has 4 aliphatic rings. The van der Waals surface area contributed by atoms with Crippen LogP contribution in [0.15, 0.2) is 29.3 Å². The van der Waals surface area contributed by atoms with Gasteiger partial charge in [-0.2, -0.15) is 0 Å². The zero-order chi connectivity index (χ0) is 20.9. The summed E-state index contributed by atoms with van der Waals surface area (Å²) in [6.45, 7) is 1.54. The van der Waals surface area contributed by atoms with Gasteiger partial charge in [-0.25, -0.2) is 0 Å². The number of aliphatic imine (C=N–C) groups is 1. The van der Waals surface area contributed by atoms with Crippen molar-refractivity contribution in [1.29, 1.82) is 4.78 Å². The molecule has 1 atom stereocenters. The number of benzene rings is 1. The summed E-state index contributed by atoms with van der Waals surface area (Å²) in [5.41, 5.74) is 4.20. The molecule has 2 aliphatic carbocycles. The van der Waals surface area contributed by atoms with Gasteiger partial charge in [-0.1, -0.05) is 18.2 Å². The van der Waals surface area contributed by atoms with Gasteiger partial charge in [0.1, 0.15) is 0 Å². The maximum atomic E-state index is 12.8. The molecular formula is C21H28N4O2SW2. The predicted octanol–water partition coefficient (Wildman–Crippen LogP) is 3.18. The third-order valence-electron chi connectivity index (χ3n) is 7.06. The van der Waals surface area contributed by atoms with E-state index in [1.165, 1.54) is 33.7 Å². The molecule has 0 bridgehead atoms. The third kappa shape index (κ3) is 4.29. The number of hydrogen-bond acceptors (Lipinski definition) is 4. The minimum absolute atomic E-state index is 0.163. The van der Waals surface area contributed by atoms with Crippen LogP contribution in [0.25, 0.3) is 0 Å². The Kier molecular flexibility index (Phi) is 5.88. The number of rotatable bonds is 5. The van der Waals surface area contributed by atoms with Gasteiger partial charge in [0.15, 0.2) is 0 Å². The first kappa shape index (κ1) is 21.5. The van der Waals surface area contributed by atoms with Gasteiger partial charge in [0.05, 0.1) is 5.69 Å². The normalized spacial score (nSPS) is 33.1. The quantitative estimate of drug-likeness (QED) is 0.483. The van der Waals surface area contributed by atoms with Crippen LogP contribution in [0.3, 0.4) is 0 Å². The SMILES string of the molecule is N=S(=O)(CC(=O)NC1CC2(C1)CC(C1=Nc3ccccc3C1)C2)N1C[CH2][W]([W])[CH2]C1. The van der Waals surface area contributed by atoms with Gasteiger partial charge >= 0.3 is 142 Å². The van der Waals surface area contributed by atoms with Crippen LogP contribution in [0.4, 0.5) is 5.69 Å². The Labute approximate surface area is 193 Å². The van der Waals surface area contributed by atoms with Crippen LogP contribution in [0.2, 0.25) is 9.62 Å². The van der Waals surface area contributed by atoms with E-state index in [4.69, 9.17) is 9.77 Å². The molecule has 2 heterocycles. The van der Waals surface area contributed by atoms with Crippen LogP contribution in [-0.4, -0.2) is 45.0 Å². The van der Waals surface area contributed by atoms with Crippen LogP contribution in [-0.2, 0) is 52.3 Å². The van der Waals surface area contributed by atoms with E-state index in [1.54, 1.807) is 21.1 Å². The Morgan fingerprint density at radius 1 is 1.27 bits per heavy atom. The number of amides is 1. The van der Waals surface area contributed by atoms with E-state index in [0.29, 0.717) is 11.3 Å². The van der Waals surface area contributed by atoms with E-state index < -0.39 is 24.2 Å². The number of fused-ring (bicyclic) bond motifs is 1. The van der Waals surface area contributed by atoms with Crippen molar-refractivity contribution in [2.75, 3.05) is 18.8 Å². The minimum atomic E-state index is -2.96. The molecule has 30 heavy (non-hydrogen) atoms. The third-order valence-corrected chi connectivity index (χ3v) is 23.3. The molecule has 1 amide bonds. The van der Waals surface area contributed by atoms with Gasteiger partial charge in [-0.3, -0.25) is 4.99 Å². The van der Waals surface area contributed by atoms with E-state index in [9.17, 15) is 9.00 Å². The van der Waals surface area contributed by atoms with E-state index in [0.717, 1.165) is 38.0 Å². The molecule has 1 unspecified atom stereocenters. The fraction of sp³-hybridized carbons (Fsp3) is 0.619. The molecule has 1 aromatic carbocycles. The van der Waals surface area contributed by atoms with E-state index >= 15 is 0 Å². The van der Waals surface area contributed by atoms with Gasteiger partial charge in [0.2, 0.25) is 0 Å². The van der Waals surface area contributed by atoms with Crippen molar-refractivity contribution in [2.45, 2.75) is 47.8 Å². The van der Waals surface area contributed by atoms with Gasteiger partial charge in [0, 0.05) is 12.1 Å². The number of hydrogen-bond donors (Lipinski definition) is 2. The second-order valence-corrected chi connectivity index (χ2v) is 31.3. The number of carbonyl (C=O) groups is 1. The zero-order valence-corrected chi connectivity index (χ0v) is 23.7. The number of nitrogens with zero attached hydrogens (tertiary/aromatic N) is 2. The first-order valence-corrected chi connectivity index (χ1v) is 27.5. The van der Waals surface area contributed by atoms with Crippen LogP contribution >= 0.6 is 0 Å². The second-order valence-electron chi connectivity index (χ2n) is 9.25. The molecule has 2 aliphatic heterocycles. The van der Waals surface area contributed by atoms with E-state index in [1.807, 2.05) is 0 Å². The van der Waals surface area contributed by atoms with Crippen molar-refractivity contribution < 1.29 is 40.1 Å². The summed E-state index contributed by atoms with van der Waals surface area (Å²) in [4.78, 5) is 19.7. The first-order valence-electron chi connectivity index (χ1n) is 10.6. The molecule has 9 heteroatoms. The summed E-state index contributed by atoms with van der Waals surface area (Å²) >= 11 is 0.673. The molecule has 2 N–H and O–H groups in total. The van der Waals surface area contributed by atoms with Crippen molar-refractivity contribution >= 4 is 27.2 Å². The van der Waals surface area contributed by atoms with Crippen molar-refractivity contribution in [2.24, 2.45) is 16.3 Å². The number of para-hydroxylation sites is 1. The second kappa shape index (κ2) is 8.21. The summed E-state index contributed by atoms with van der Waals surface area (Å²) in [6.07, 6.45) is 5.40. The van der Waals surface area contributed by atoms with Gasteiger partial charge in [0.25, 0.3) is 0 Å². The van der Waals surface area contributed by atoms with Crippen molar-refractivity contribution in [3.63, 3.8) is 0 Å². The Hall–Kier alpha value is -0.353. The monoisotopic (exact) mass is 768 g/mol. The summed E-state index contributed by atoms with van der Waals surface area (Å²) in [7, 11) is -2.96. The number of nitrogens with one attached hydrogen (secondary N) is 2. The molecule has 5 rings (SSSR count). The number of carbonyl (C=O) groups excluding carboxylic acids is 1. The molecule has 1 saturated heterocycles. The Balaban J connectivity index is 1.06. The summed E-state index contributed by atoms with van der Waals surface area (Å²) in [6, 6.07) is 8.61. The van der Waals surface area contributed by atoms with Gasteiger partial charge < -0.3 is 0 Å². The molecule has 0 radical (unpaired) electrons. The molecule has 2 saturated carbocycles. The van der Waals surface area contributed by atoms with E-state index in [2.05, 4.69) is 29.6 Å². The molecular weight excluding hydrogens is 740 g/mol. The summed E-state index contributed by atoms with van der Waals surface area (Å²) in [5.74, 6) is 0.227. The Morgan fingerprint density at radius 2 is 1.97 bits per heavy atom. The average molecular weight is 768 g/mol. The molecule has 1 aromatic rings. The predicted molar refractivity (Wildman–Crippen MR) is 110 cm³/mol. The Bertz CT molecular complexity index is 974. The summed E-state index contributed by atoms with van der Waals surface area (Å²) in [5, 5.41) is 3.06. The molecule has 162 valence electrons. The molecule has 3 fully saturated rings. The fourth-order valence-electron chi connectivity index (χ4n) is 5.49.